The summed E-state index contributed by atoms with van der Waals surface area (Å²) in [6.07, 6.45) is 6.91. The fourth-order valence-corrected chi connectivity index (χ4v) is 5.94. The van der Waals surface area contributed by atoms with Crippen LogP contribution in [0.5, 0.6) is 0 Å². The Kier molecular flexibility index (Phi) is 5.80. The molecule has 0 radical (unpaired) electrons. The van der Waals surface area contributed by atoms with Gasteiger partial charge >= 0.3 is 6.03 Å². The molecular formula is C18H26N6O3S2. The Morgan fingerprint density at radius 1 is 1.31 bits per heavy atom. The zero-order valence-electron chi connectivity index (χ0n) is 16.6. The van der Waals surface area contributed by atoms with Gasteiger partial charge in [0.05, 0.1) is 10.5 Å². The summed E-state index contributed by atoms with van der Waals surface area (Å²) in [5.74, 6) is 0. The van der Waals surface area contributed by atoms with Crippen molar-refractivity contribution in [2.45, 2.75) is 82.2 Å². The van der Waals surface area contributed by atoms with Crippen LogP contribution in [0.4, 0.5) is 4.79 Å². The summed E-state index contributed by atoms with van der Waals surface area (Å²) in [4.78, 5) is 12.8. The number of carbonyl (C=O) groups is 1. The maximum Gasteiger partial charge on any atom is 0.343 e. The van der Waals surface area contributed by atoms with Crippen molar-refractivity contribution >= 4 is 40.0 Å². The summed E-state index contributed by atoms with van der Waals surface area (Å²) in [5, 5.41) is 28.7. The third-order valence-electron chi connectivity index (χ3n) is 5.65. The Labute approximate surface area is 179 Å². The number of hydrazone groups is 1. The number of hydroxylamine groups is 2. The van der Waals surface area contributed by atoms with Crippen molar-refractivity contribution in [3.8, 4) is 0 Å². The van der Waals surface area contributed by atoms with Crippen LogP contribution >= 0.6 is 24.0 Å². The zero-order valence-corrected chi connectivity index (χ0v) is 18.3. The molecule has 9 nitrogen and oxygen atoms in total. The highest BCUT2D eigenvalue weighted by atomic mass is 32.2. The second-order valence-corrected chi connectivity index (χ2v) is 10.6. The summed E-state index contributed by atoms with van der Waals surface area (Å²) in [6, 6.07) is -0.421. The second-order valence-electron chi connectivity index (χ2n) is 8.28. The van der Waals surface area contributed by atoms with Crippen LogP contribution < -0.4 is 5.32 Å². The number of fused-ring (bicyclic) bond motifs is 1. The fraction of sp³-hybridized carbons (Fsp3) is 0.722. The summed E-state index contributed by atoms with van der Waals surface area (Å²) in [6.45, 7) is 3.88. The number of nitrogens with zero attached hydrogens (tertiary/aromatic N) is 5. The molecular weight excluding hydrogens is 412 g/mol. The predicted molar refractivity (Wildman–Crippen MR) is 113 cm³/mol. The van der Waals surface area contributed by atoms with Crippen LogP contribution in [0.15, 0.2) is 9.73 Å². The number of rotatable bonds is 3. The molecule has 0 unspecified atom stereocenters. The van der Waals surface area contributed by atoms with Gasteiger partial charge in [-0.3, -0.25) is 5.21 Å². The summed E-state index contributed by atoms with van der Waals surface area (Å²) in [5.41, 5.74) is 2.11. The first-order valence-electron chi connectivity index (χ1n) is 10.1. The average Bonchev–Trinajstić information content (AvgIpc) is 3.25. The van der Waals surface area contributed by atoms with E-state index < -0.39 is 16.9 Å². The molecule has 1 saturated heterocycles. The maximum atomic E-state index is 12.8. The number of thiocarbonyl (C=S) groups is 1. The Morgan fingerprint density at radius 2 is 2.07 bits per heavy atom. The smallest absolute Gasteiger partial charge is 0.333 e. The van der Waals surface area contributed by atoms with E-state index in [0.717, 1.165) is 49.3 Å². The molecule has 1 aromatic heterocycles. The Morgan fingerprint density at radius 3 is 2.83 bits per heavy atom. The van der Waals surface area contributed by atoms with Crippen LogP contribution in [0.1, 0.15) is 70.2 Å². The van der Waals surface area contributed by atoms with Gasteiger partial charge in [0.25, 0.3) is 0 Å². The van der Waals surface area contributed by atoms with Crippen molar-refractivity contribution in [2.75, 3.05) is 0 Å². The highest BCUT2D eigenvalue weighted by molar-refractivity contribution is 8.24. The summed E-state index contributed by atoms with van der Waals surface area (Å²) >= 11 is 6.94. The van der Waals surface area contributed by atoms with E-state index in [-0.39, 0.29) is 6.04 Å². The van der Waals surface area contributed by atoms with Crippen LogP contribution in [0, 0.1) is 0 Å². The van der Waals surface area contributed by atoms with Gasteiger partial charge in [-0.25, -0.2) is 14.4 Å². The van der Waals surface area contributed by atoms with Crippen LogP contribution in [0.2, 0.25) is 0 Å². The van der Waals surface area contributed by atoms with E-state index >= 15 is 0 Å². The minimum absolute atomic E-state index is 0.0943. The third-order valence-corrected chi connectivity index (χ3v) is 7.18. The van der Waals surface area contributed by atoms with Crippen LogP contribution in [0.3, 0.4) is 0 Å². The van der Waals surface area contributed by atoms with Gasteiger partial charge in [0.1, 0.15) is 5.69 Å². The zero-order chi connectivity index (χ0) is 20.6. The lowest BCUT2D eigenvalue weighted by Gasteiger charge is -2.35. The molecule has 29 heavy (non-hydrogen) atoms. The molecule has 4 rings (SSSR count). The summed E-state index contributed by atoms with van der Waals surface area (Å²) < 4.78 is 4.82. The molecule has 2 amide bonds. The molecule has 158 valence electrons. The number of thioether (sulfide) groups is 1. The lowest BCUT2D eigenvalue weighted by Crippen LogP contribution is -2.57. The van der Waals surface area contributed by atoms with Crippen molar-refractivity contribution in [3.63, 3.8) is 0 Å². The number of nitrogens with one attached hydrogen (secondary N) is 1. The van der Waals surface area contributed by atoms with Gasteiger partial charge < -0.3 is 5.32 Å². The molecule has 2 aliphatic carbocycles. The number of carbonyl (C=O) groups excluding carboxylic acids is 1. The van der Waals surface area contributed by atoms with E-state index in [2.05, 4.69) is 15.6 Å². The largest absolute Gasteiger partial charge is 0.343 e. The molecule has 1 aromatic rings. The predicted octanol–water partition coefficient (Wildman–Crippen LogP) is 3.28. The van der Waals surface area contributed by atoms with Crippen LogP contribution in [-0.4, -0.2) is 58.6 Å². The van der Waals surface area contributed by atoms with E-state index in [1.54, 1.807) is 5.01 Å². The van der Waals surface area contributed by atoms with E-state index in [1.807, 2.05) is 13.8 Å². The molecule has 3 aliphatic rings. The molecule has 1 atom stereocenters. The fourth-order valence-electron chi connectivity index (χ4n) is 4.17. The minimum Gasteiger partial charge on any atom is -0.333 e. The first kappa shape index (κ1) is 20.5. The molecule has 0 aromatic carbocycles. The van der Waals surface area contributed by atoms with Crippen molar-refractivity contribution < 1.29 is 14.6 Å². The van der Waals surface area contributed by atoms with Crippen LogP contribution in [0.25, 0.3) is 0 Å². The highest BCUT2D eigenvalue weighted by Crippen LogP contribution is 2.43. The van der Waals surface area contributed by atoms with E-state index in [0.29, 0.717) is 22.1 Å². The Hall–Kier alpha value is -1.72. The van der Waals surface area contributed by atoms with Crippen LogP contribution in [-0.2, 0) is 6.42 Å². The number of hydrogen-bond acceptors (Lipinski definition) is 8. The van der Waals surface area contributed by atoms with Gasteiger partial charge in [-0.2, -0.15) is 10.2 Å². The molecule has 1 aliphatic heterocycles. The van der Waals surface area contributed by atoms with Crippen molar-refractivity contribution in [2.24, 2.45) is 5.10 Å². The van der Waals surface area contributed by atoms with Gasteiger partial charge in [0, 0.05) is 6.04 Å². The van der Waals surface area contributed by atoms with Gasteiger partial charge in [0.2, 0.25) is 0 Å². The number of amides is 2. The number of hydrogen-bond donors (Lipinski definition) is 2. The number of aromatic nitrogens is 2. The van der Waals surface area contributed by atoms with Gasteiger partial charge in [-0.05, 0) is 51.1 Å². The molecule has 1 saturated carbocycles. The maximum absolute atomic E-state index is 12.8. The minimum atomic E-state index is -0.735. The number of urea groups is 1. The van der Waals surface area contributed by atoms with E-state index in [9.17, 15) is 10.0 Å². The molecule has 2 fully saturated rings. The first-order chi connectivity index (χ1) is 13.9. The van der Waals surface area contributed by atoms with Crippen molar-refractivity contribution in [1.82, 2.24) is 25.7 Å². The third kappa shape index (κ3) is 4.13. The topological polar surface area (TPSA) is 107 Å². The lowest BCUT2D eigenvalue weighted by atomic mass is 9.96. The highest BCUT2D eigenvalue weighted by Gasteiger charge is 2.50. The Balaban J connectivity index is 1.57. The average molecular weight is 439 g/mol. The SMILES string of the molecule is CC1(C)SC(=S)N(/N=C2/CCCc3nonc32)[C@@H]1N(O)C(=O)NC1CCCCC1. The standard InChI is InChI=1S/C18H26N6O3S2/c1-18(2)15(24(26)16(25)19-11-7-4-3-5-8-11)23(17(28)29-18)20-12-9-6-10-13-14(12)22-27-21-13/h11,15,26H,3-10H2,1-2H3,(H,19,25)/b20-12-/t15-/m1/s1. The van der Waals surface area contributed by atoms with Crippen molar-refractivity contribution in [1.29, 1.82) is 0 Å². The number of aryl methyl sites for hydroxylation is 1. The van der Waals surface area contributed by atoms with Gasteiger partial charge in [0.15, 0.2) is 16.2 Å². The second kappa shape index (κ2) is 8.19. The van der Waals surface area contributed by atoms with E-state index in [1.165, 1.54) is 18.2 Å². The molecule has 0 spiro atoms. The molecule has 11 heteroatoms. The normalized spacial score (nSPS) is 25.9. The molecule has 2 N–H and O–H groups in total. The Bertz CT molecular complexity index is 820. The van der Waals surface area contributed by atoms with Gasteiger partial charge in [-0.15, -0.1) is 0 Å². The van der Waals surface area contributed by atoms with Gasteiger partial charge in [-0.1, -0.05) is 48.4 Å². The monoisotopic (exact) mass is 438 g/mol. The lowest BCUT2D eigenvalue weighted by molar-refractivity contribution is -0.119. The first-order valence-corrected chi connectivity index (χ1v) is 11.3. The quantitative estimate of drug-likeness (QED) is 0.421. The summed E-state index contributed by atoms with van der Waals surface area (Å²) in [7, 11) is 0. The molecule has 2 heterocycles. The molecule has 0 bridgehead atoms. The van der Waals surface area contributed by atoms with E-state index in [4.69, 9.17) is 21.9 Å². The van der Waals surface area contributed by atoms with Crippen molar-refractivity contribution in [3.05, 3.63) is 11.4 Å².